The molecule has 0 saturated carbocycles. The van der Waals surface area contributed by atoms with Gasteiger partial charge in [0.25, 0.3) is 0 Å². The number of benzene rings is 1. The van der Waals surface area contributed by atoms with Crippen molar-refractivity contribution in [2.24, 2.45) is 11.8 Å². The van der Waals surface area contributed by atoms with Crippen LogP contribution in [0, 0.1) is 11.8 Å². The van der Waals surface area contributed by atoms with E-state index in [9.17, 15) is 0 Å². The van der Waals surface area contributed by atoms with Crippen LogP contribution in [0.1, 0.15) is 0 Å². The van der Waals surface area contributed by atoms with Crippen molar-refractivity contribution in [2.75, 3.05) is 38.2 Å². The number of nitrogens with one attached hydrogen (secondary N) is 1. The molecule has 1 aromatic carbocycles. The van der Waals surface area contributed by atoms with Gasteiger partial charge in [-0.3, -0.25) is 0 Å². The lowest BCUT2D eigenvalue weighted by Crippen LogP contribution is -2.26. The predicted molar refractivity (Wildman–Crippen MR) is 80.4 cm³/mol. The second-order valence-electron chi connectivity index (χ2n) is 5.81. The van der Waals surface area contributed by atoms with E-state index >= 15 is 0 Å². The highest BCUT2D eigenvalue weighted by molar-refractivity contribution is 5.93. The van der Waals surface area contributed by atoms with Crippen molar-refractivity contribution in [1.82, 2.24) is 10.3 Å². The first kappa shape index (κ1) is 12.0. The maximum atomic E-state index is 5.31. The maximum Gasteiger partial charge on any atom is 0.136 e. The quantitative estimate of drug-likeness (QED) is 0.903. The summed E-state index contributed by atoms with van der Waals surface area (Å²) in [6, 6.07) is 8.29. The van der Waals surface area contributed by atoms with Crippen molar-refractivity contribution in [3.63, 3.8) is 0 Å². The van der Waals surface area contributed by atoms with Gasteiger partial charge >= 0.3 is 0 Å². The summed E-state index contributed by atoms with van der Waals surface area (Å²) in [4.78, 5) is 7.09. The number of aromatic nitrogens is 1. The van der Waals surface area contributed by atoms with Gasteiger partial charge < -0.3 is 15.0 Å². The van der Waals surface area contributed by atoms with E-state index in [2.05, 4.69) is 33.4 Å². The van der Waals surface area contributed by atoms with E-state index in [-0.39, 0.29) is 0 Å². The molecule has 4 heteroatoms. The van der Waals surface area contributed by atoms with E-state index < -0.39 is 0 Å². The number of nitrogens with zero attached hydrogens (tertiary/aromatic N) is 2. The van der Waals surface area contributed by atoms with Crippen LogP contribution in [0.2, 0.25) is 0 Å². The molecule has 2 aliphatic rings. The average Bonchev–Trinajstić information content (AvgIpc) is 3.07. The number of anilines is 1. The first-order chi connectivity index (χ1) is 9.85. The zero-order valence-electron chi connectivity index (χ0n) is 11.7. The fraction of sp³-hybridized carbons (Fsp3) is 0.438. The standard InChI is InChI=1S/C16H19N3O/c1-20-14-2-3-15-11(6-14)4-5-18-16(15)19-9-12-7-17-8-13(12)10-19/h2-6,12-13,17H,7-10H2,1H3/t12-,13+. The normalized spacial score (nSPS) is 25.1. The van der Waals surface area contributed by atoms with Crippen LogP contribution < -0.4 is 15.0 Å². The van der Waals surface area contributed by atoms with Gasteiger partial charge in [0.15, 0.2) is 0 Å². The van der Waals surface area contributed by atoms with Gasteiger partial charge in [-0.15, -0.1) is 0 Å². The molecule has 2 aromatic rings. The minimum absolute atomic E-state index is 0.783. The summed E-state index contributed by atoms with van der Waals surface area (Å²) >= 11 is 0. The summed E-state index contributed by atoms with van der Waals surface area (Å²) in [5.41, 5.74) is 0. The molecule has 2 saturated heterocycles. The Balaban J connectivity index is 1.73. The van der Waals surface area contributed by atoms with Crippen molar-refractivity contribution in [2.45, 2.75) is 0 Å². The van der Waals surface area contributed by atoms with Crippen LogP contribution in [0.25, 0.3) is 10.8 Å². The third-order valence-corrected chi connectivity index (χ3v) is 4.64. The lowest BCUT2D eigenvalue weighted by molar-refractivity contribution is 0.415. The molecular weight excluding hydrogens is 250 g/mol. The Labute approximate surface area is 118 Å². The largest absolute Gasteiger partial charge is 0.497 e. The number of fused-ring (bicyclic) bond motifs is 2. The fourth-order valence-corrected chi connectivity index (χ4v) is 3.55. The van der Waals surface area contributed by atoms with Crippen LogP contribution in [0.15, 0.2) is 30.5 Å². The van der Waals surface area contributed by atoms with Gasteiger partial charge in [-0.2, -0.15) is 0 Å². The molecule has 20 heavy (non-hydrogen) atoms. The summed E-state index contributed by atoms with van der Waals surface area (Å²) < 4.78 is 5.31. The third-order valence-electron chi connectivity index (χ3n) is 4.64. The smallest absolute Gasteiger partial charge is 0.136 e. The first-order valence-corrected chi connectivity index (χ1v) is 7.23. The van der Waals surface area contributed by atoms with Crippen molar-refractivity contribution >= 4 is 16.6 Å². The molecule has 1 N–H and O–H groups in total. The van der Waals surface area contributed by atoms with Crippen molar-refractivity contribution < 1.29 is 4.74 Å². The van der Waals surface area contributed by atoms with E-state index in [0.29, 0.717) is 0 Å². The van der Waals surface area contributed by atoms with Gasteiger partial charge in [0.2, 0.25) is 0 Å². The third kappa shape index (κ3) is 1.83. The van der Waals surface area contributed by atoms with Gasteiger partial charge in [-0.1, -0.05) is 0 Å². The van der Waals surface area contributed by atoms with Gasteiger partial charge in [0.1, 0.15) is 11.6 Å². The number of pyridine rings is 1. The molecule has 4 rings (SSSR count). The van der Waals surface area contributed by atoms with Gasteiger partial charge in [0.05, 0.1) is 7.11 Å². The molecule has 3 heterocycles. The highest BCUT2D eigenvalue weighted by atomic mass is 16.5. The topological polar surface area (TPSA) is 37.4 Å². The Morgan fingerprint density at radius 2 is 2.00 bits per heavy atom. The highest BCUT2D eigenvalue weighted by Gasteiger charge is 2.36. The summed E-state index contributed by atoms with van der Waals surface area (Å²) in [6.07, 6.45) is 1.91. The van der Waals surface area contributed by atoms with Crippen LogP contribution in [0.3, 0.4) is 0 Å². The first-order valence-electron chi connectivity index (χ1n) is 7.23. The molecule has 0 unspecified atom stereocenters. The van der Waals surface area contributed by atoms with Crippen LogP contribution in [-0.4, -0.2) is 38.3 Å². The van der Waals surface area contributed by atoms with Crippen LogP contribution >= 0.6 is 0 Å². The molecule has 0 bridgehead atoms. The van der Waals surface area contributed by atoms with E-state index in [4.69, 9.17) is 4.74 Å². The van der Waals surface area contributed by atoms with Gasteiger partial charge in [0, 0.05) is 37.8 Å². The fourth-order valence-electron chi connectivity index (χ4n) is 3.55. The SMILES string of the molecule is COc1ccc2c(N3C[C@H]4CNC[C@H]4C3)nccc2c1. The molecule has 0 spiro atoms. The Morgan fingerprint density at radius 1 is 1.20 bits per heavy atom. The van der Waals surface area contributed by atoms with Crippen LogP contribution in [0.5, 0.6) is 5.75 Å². The zero-order chi connectivity index (χ0) is 13.5. The molecular formula is C16H19N3O. The minimum Gasteiger partial charge on any atom is -0.497 e. The second kappa shape index (κ2) is 4.63. The van der Waals surface area contributed by atoms with E-state index in [1.54, 1.807) is 7.11 Å². The molecule has 0 aliphatic carbocycles. The number of ether oxygens (including phenoxy) is 1. The number of methoxy groups -OCH3 is 1. The molecule has 2 atom stereocenters. The summed E-state index contributed by atoms with van der Waals surface area (Å²) in [5.74, 6) is 3.59. The summed E-state index contributed by atoms with van der Waals surface area (Å²) in [7, 11) is 1.71. The lowest BCUT2D eigenvalue weighted by Gasteiger charge is -2.20. The Morgan fingerprint density at radius 3 is 2.75 bits per heavy atom. The van der Waals surface area contributed by atoms with Crippen molar-refractivity contribution in [1.29, 1.82) is 0 Å². The maximum absolute atomic E-state index is 5.31. The van der Waals surface area contributed by atoms with E-state index in [1.807, 2.05) is 12.3 Å². The Hall–Kier alpha value is -1.81. The lowest BCUT2D eigenvalue weighted by atomic mass is 10.0. The summed E-state index contributed by atoms with van der Waals surface area (Å²) in [5, 5.41) is 5.91. The number of hydrogen-bond acceptors (Lipinski definition) is 4. The molecule has 104 valence electrons. The van der Waals surface area contributed by atoms with E-state index in [1.165, 1.54) is 10.8 Å². The molecule has 2 fully saturated rings. The molecule has 2 aliphatic heterocycles. The average molecular weight is 269 g/mol. The Kier molecular flexibility index (Phi) is 2.77. The van der Waals surface area contributed by atoms with Crippen LogP contribution in [-0.2, 0) is 0 Å². The molecule has 4 nitrogen and oxygen atoms in total. The van der Waals surface area contributed by atoms with Crippen LogP contribution in [0.4, 0.5) is 5.82 Å². The van der Waals surface area contributed by atoms with E-state index in [0.717, 1.165) is 49.6 Å². The Bertz CT molecular complexity index is 631. The molecule has 0 amide bonds. The molecule has 1 aromatic heterocycles. The van der Waals surface area contributed by atoms with Gasteiger partial charge in [-0.05, 0) is 41.5 Å². The minimum atomic E-state index is 0.783. The number of hydrogen-bond donors (Lipinski definition) is 1. The zero-order valence-corrected chi connectivity index (χ0v) is 11.7. The van der Waals surface area contributed by atoms with Crippen molar-refractivity contribution in [3.05, 3.63) is 30.5 Å². The summed E-state index contributed by atoms with van der Waals surface area (Å²) in [6.45, 7) is 4.55. The predicted octanol–water partition coefficient (Wildman–Crippen LogP) is 1.90. The second-order valence-corrected chi connectivity index (χ2v) is 5.81. The van der Waals surface area contributed by atoms with Gasteiger partial charge in [-0.25, -0.2) is 4.98 Å². The monoisotopic (exact) mass is 269 g/mol. The number of rotatable bonds is 2. The molecule has 0 radical (unpaired) electrons. The highest BCUT2D eigenvalue weighted by Crippen LogP contribution is 2.34. The van der Waals surface area contributed by atoms with Crippen molar-refractivity contribution in [3.8, 4) is 5.75 Å².